The third-order valence-electron chi connectivity index (χ3n) is 3.58. The Hall–Kier alpha value is -0.990. The molecule has 19 heavy (non-hydrogen) atoms. The summed E-state index contributed by atoms with van der Waals surface area (Å²) in [6, 6.07) is 16.1. The molecule has 2 heteroatoms. The zero-order chi connectivity index (χ0) is 13.7. The molecular formula is C17H23NS. The van der Waals surface area contributed by atoms with Crippen LogP contribution < -0.4 is 5.32 Å². The Morgan fingerprint density at radius 3 is 2.58 bits per heavy atom. The molecule has 0 aliphatic carbocycles. The first-order valence-electron chi connectivity index (χ1n) is 6.95. The van der Waals surface area contributed by atoms with Crippen molar-refractivity contribution in [2.24, 2.45) is 0 Å². The van der Waals surface area contributed by atoms with Gasteiger partial charge in [-0.3, -0.25) is 0 Å². The van der Waals surface area contributed by atoms with Crippen molar-refractivity contribution in [1.82, 2.24) is 5.32 Å². The molecule has 102 valence electrons. The molecule has 1 N–H and O–H groups in total. The van der Waals surface area contributed by atoms with Gasteiger partial charge >= 0.3 is 0 Å². The fourth-order valence-corrected chi connectivity index (χ4v) is 3.11. The van der Waals surface area contributed by atoms with Gasteiger partial charge in [-0.15, -0.1) is 0 Å². The lowest BCUT2D eigenvalue weighted by Crippen LogP contribution is -2.29. The van der Waals surface area contributed by atoms with E-state index in [9.17, 15) is 0 Å². The number of rotatable bonds is 6. The normalized spacial score (nSPS) is 14.5. The highest BCUT2D eigenvalue weighted by atomic mass is 32.2. The molecule has 0 bridgehead atoms. The minimum Gasteiger partial charge on any atom is -0.308 e. The van der Waals surface area contributed by atoms with Crippen LogP contribution in [0.1, 0.15) is 31.9 Å². The fourth-order valence-electron chi connectivity index (χ4n) is 2.52. The minimum absolute atomic E-state index is 0.392. The zero-order valence-electron chi connectivity index (χ0n) is 12.0. The van der Waals surface area contributed by atoms with E-state index in [4.69, 9.17) is 0 Å². The highest BCUT2D eigenvalue weighted by Crippen LogP contribution is 2.24. The first-order chi connectivity index (χ1) is 9.22. The minimum atomic E-state index is 0.392. The Balaban J connectivity index is 2.15. The van der Waals surface area contributed by atoms with Crippen molar-refractivity contribution in [3.05, 3.63) is 48.0 Å². The summed E-state index contributed by atoms with van der Waals surface area (Å²) in [6.07, 6.45) is 3.39. The second-order valence-corrected chi connectivity index (χ2v) is 6.12. The third-order valence-corrected chi connectivity index (χ3v) is 4.22. The summed E-state index contributed by atoms with van der Waals surface area (Å²) < 4.78 is 0. The lowest BCUT2D eigenvalue weighted by atomic mass is 9.99. The molecule has 2 aromatic carbocycles. The quantitative estimate of drug-likeness (QED) is 0.823. The van der Waals surface area contributed by atoms with Gasteiger partial charge in [0, 0.05) is 12.1 Å². The summed E-state index contributed by atoms with van der Waals surface area (Å²) in [6.45, 7) is 4.54. The first-order valence-corrected chi connectivity index (χ1v) is 8.34. The molecule has 2 atom stereocenters. The average Bonchev–Trinajstić information content (AvgIpc) is 2.44. The predicted octanol–water partition coefficient (Wildman–Crippen LogP) is 4.63. The van der Waals surface area contributed by atoms with Crippen LogP contribution in [0.5, 0.6) is 0 Å². The van der Waals surface area contributed by atoms with E-state index in [1.807, 2.05) is 11.8 Å². The maximum atomic E-state index is 3.71. The lowest BCUT2D eigenvalue weighted by molar-refractivity contribution is 0.473. The average molecular weight is 273 g/mol. The van der Waals surface area contributed by atoms with Crippen LogP contribution in [0.25, 0.3) is 10.8 Å². The number of benzene rings is 2. The maximum Gasteiger partial charge on any atom is 0.0300 e. The van der Waals surface area contributed by atoms with Gasteiger partial charge in [-0.05, 0) is 48.6 Å². The largest absolute Gasteiger partial charge is 0.308 e. The van der Waals surface area contributed by atoms with Gasteiger partial charge in [0.1, 0.15) is 0 Å². The predicted molar refractivity (Wildman–Crippen MR) is 88.0 cm³/mol. The van der Waals surface area contributed by atoms with Gasteiger partial charge < -0.3 is 5.32 Å². The molecule has 0 radical (unpaired) electrons. The third kappa shape index (κ3) is 3.74. The van der Waals surface area contributed by atoms with E-state index in [-0.39, 0.29) is 0 Å². The summed E-state index contributed by atoms with van der Waals surface area (Å²) >= 11 is 1.92. The Kier molecular flexibility index (Phi) is 5.29. The molecule has 1 nitrogen and oxygen atoms in total. The van der Waals surface area contributed by atoms with Gasteiger partial charge in [0.2, 0.25) is 0 Å². The van der Waals surface area contributed by atoms with Crippen LogP contribution in [0.2, 0.25) is 0 Å². The topological polar surface area (TPSA) is 12.0 Å². The van der Waals surface area contributed by atoms with Crippen LogP contribution >= 0.6 is 11.8 Å². The van der Waals surface area contributed by atoms with Gasteiger partial charge in [0.15, 0.2) is 0 Å². The highest BCUT2D eigenvalue weighted by molar-refractivity contribution is 7.98. The van der Waals surface area contributed by atoms with Crippen LogP contribution in [-0.4, -0.2) is 18.1 Å². The van der Waals surface area contributed by atoms with Crippen LogP contribution in [0.4, 0.5) is 0 Å². The van der Waals surface area contributed by atoms with Crippen LogP contribution in [0.3, 0.4) is 0 Å². The van der Waals surface area contributed by atoms with Crippen molar-refractivity contribution in [2.45, 2.75) is 32.4 Å². The molecule has 0 spiro atoms. The molecule has 0 saturated heterocycles. The van der Waals surface area contributed by atoms with Gasteiger partial charge in [0.25, 0.3) is 0 Å². The number of nitrogens with one attached hydrogen (secondary N) is 1. The van der Waals surface area contributed by atoms with Crippen LogP contribution in [0.15, 0.2) is 42.5 Å². The number of hydrogen-bond donors (Lipinski definition) is 1. The molecule has 0 fully saturated rings. The summed E-state index contributed by atoms with van der Waals surface area (Å²) in [5.74, 6) is 1.22. The molecular weight excluding hydrogens is 250 g/mol. The molecule has 0 aromatic heterocycles. The summed E-state index contributed by atoms with van der Waals surface area (Å²) in [5, 5.41) is 6.40. The molecule has 2 unspecified atom stereocenters. The van der Waals surface area contributed by atoms with E-state index in [2.05, 4.69) is 67.9 Å². The Labute approximate surface area is 120 Å². The van der Waals surface area contributed by atoms with Crippen LogP contribution in [-0.2, 0) is 0 Å². The molecule has 0 amide bonds. The fraction of sp³-hybridized carbons (Fsp3) is 0.412. The van der Waals surface area contributed by atoms with Gasteiger partial charge in [-0.25, -0.2) is 0 Å². The smallest absolute Gasteiger partial charge is 0.0300 e. The van der Waals surface area contributed by atoms with E-state index in [1.165, 1.54) is 28.5 Å². The van der Waals surface area contributed by atoms with Crippen molar-refractivity contribution in [1.29, 1.82) is 0 Å². The van der Waals surface area contributed by atoms with Gasteiger partial charge in [-0.2, -0.15) is 11.8 Å². The second-order valence-electron chi connectivity index (χ2n) is 5.14. The van der Waals surface area contributed by atoms with E-state index in [0.29, 0.717) is 12.1 Å². The van der Waals surface area contributed by atoms with E-state index >= 15 is 0 Å². The standard InChI is InChI=1S/C17H23NS/c1-13(11-12-19-3)18-14(2)16-10-6-8-15-7-4-5-9-17(15)16/h4-10,13-14,18H,11-12H2,1-3H3. The Morgan fingerprint density at radius 2 is 1.79 bits per heavy atom. The molecule has 0 aliphatic heterocycles. The van der Waals surface area contributed by atoms with Crippen molar-refractivity contribution in [2.75, 3.05) is 12.0 Å². The SMILES string of the molecule is CSCCC(C)NC(C)c1cccc2ccccc12. The van der Waals surface area contributed by atoms with Crippen molar-refractivity contribution in [3.63, 3.8) is 0 Å². The Morgan fingerprint density at radius 1 is 1.05 bits per heavy atom. The maximum absolute atomic E-state index is 3.71. The molecule has 0 heterocycles. The molecule has 0 saturated carbocycles. The van der Waals surface area contributed by atoms with E-state index < -0.39 is 0 Å². The second kappa shape index (κ2) is 6.97. The van der Waals surface area contributed by atoms with Gasteiger partial charge in [-0.1, -0.05) is 42.5 Å². The first kappa shape index (κ1) is 14.4. The lowest BCUT2D eigenvalue weighted by Gasteiger charge is -2.21. The van der Waals surface area contributed by atoms with Crippen molar-refractivity contribution >= 4 is 22.5 Å². The highest BCUT2D eigenvalue weighted by Gasteiger charge is 2.11. The summed E-state index contributed by atoms with van der Waals surface area (Å²) in [7, 11) is 0. The number of hydrogen-bond acceptors (Lipinski definition) is 2. The number of thioether (sulfide) groups is 1. The van der Waals surface area contributed by atoms with Crippen molar-refractivity contribution < 1.29 is 0 Å². The molecule has 2 rings (SSSR count). The molecule has 2 aromatic rings. The summed E-state index contributed by atoms with van der Waals surface area (Å²) in [4.78, 5) is 0. The van der Waals surface area contributed by atoms with E-state index in [1.54, 1.807) is 0 Å². The van der Waals surface area contributed by atoms with Crippen molar-refractivity contribution in [3.8, 4) is 0 Å². The zero-order valence-corrected chi connectivity index (χ0v) is 12.8. The number of fused-ring (bicyclic) bond motifs is 1. The van der Waals surface area contributed by atoms with Crippen LogP contribution in [0, 0.1) is 0 Å². The monoisotopic (exact) mass is 273 g/mol. The molecule has 0 aliphatic rings. The Bertz CT molecular complexity index is 518. The summed E-state index contributed by atoms with van der Waals surface area (Å²) in [5.41, 5.74) is 1.40. The van der Waals surface area contributed by atoms with E-state index in [0.717, 1.165) is 0 Å². The van der Waals surface area contributed by atoms with Gasteiger partial charge in [0.05, 0.1) is 0 Å².